The van der Waals surface area contributed by atoms with Gasteiger partial charge in [-0.05, 0) is 30.7 Å². The molecule has 0 atom stereocenters. The zero-order valence-corrected chi connectivity index (χ0v) is 10.5. The Bertz CT molecular complexity index is 506. The van der Waals surface area contributed by atoms with Crippen molar-refractivity contribution in [2.75, 3.05) is 6.54 Å². The number of rotatable bonds is 6. The molecule has 19 heavy (non-hydrogen) atoms. The van der Waals surface area contributed by atoms with Gasteiger partial charge in [0.1, 0.15) is 5.78 Å². The number of nitro benzene ring substituents is 1. The maximum Gasteiger partial charge on any atom is 0.269 e. The average molecular weight is 262 g/mol. The summed E-state index contributed by atoms with van der Waals surface area (Å²) in [5.74, 6) is -0.292. The minimum atomic E-state index is -0.484. The largest absolute Gasteiger partial charge is 0.352 e. The van der Waals surface area contributed by atoms with Crippen molar-refractivity contribution in [2.45, 2.75) is 13.3 Å². The van der Waals surface area contributed by atoms with Crippen molar-refractivity contribution in [3.8, 4) is 0 Å². The fourth-order valence-electron chi connectivity index (χ4n) is 1.30. The zero-order valence-electron chi connectivity index (χ0n) is 10.5. The van der Waals surface area contributed by atoms with Gasteiger partial charge in [0.25, 0.3) is 5.69 Å². The molecule has 100 valence electrons. The number of nitrogens with one attached hydrogen (secondary N) is 1. The van der Waals surface area contributed by atoms with Gasteiger partial charge in [-0.15, -0.1) is 0 Å². The van der Waals surface area contributed by atoms with Crippen LogP contribution in [0.3, 0.4) is 0 Å². The van der Waals surface area contributed by atoms with Crippen molar-refractivity contribution in [3.05, 3.63) is 46.0 Å². The van der Waals surface area contributed by atoms with Gasteiger partial charge in [-0.2, -0.15) is 0 Å². The topological polar surface area (TPSA) is 89.3 Å². The molecule has 1 N–H and O–H groups in total. The fraction of sp³-hybridized carbons (Fsp3) is 0.231. The monoisotopic (exact) mass is 262 g/mol. The quantitative estimate of drug-likeness (QED) is 0.480. The van der Waals surface area contributed by atoms with Crippen LogP contribution in [0.1, 0.15) is 18.9 Å². The van der Waals surface area contributed by atoms with E-state index in [0.717, 1.165) is 0 Å². The second kappa shape index (κ2) is 7.05. The molecule has 6 nitrogen and oxygen atoms in total. The third-order valence-electron chi connectivity index (χ3n) is 2.31. The number of nitro groups is 1. The Morgan fingerprint density at radius 1 is 1.32 bits per heavy atom. The summed E-state index contributed by atoms with van der Waals surface area (Å²) in [6.45, 7) is 1.76. The van der Waals surface area contributed by atoms with E-state index in [1.165, 1.54) is 25.1 Å². The van der Waals surface area contributed by atoms with E-state index in [0.29, 0.717) is 18.5 Å². The number of hydrogen-bond donors (Lipinski definition) is 1. The lowest BCUT2D eigenvalue weighted by atomic mass is 10.2. The summed E-state index contributed by atoms with van der Waals surface area (Å²) in [7, 11) is 0. The van der Waals surface area contributed by atoms with Crippen molar-refractivity contribution in [1.82, 2.24) is 5.32 Å². The van der Waals surface area contributed by atoms with Crippen molar-refractivity contribution < 1.29 is 14.5 Å². The molecule has 1 rings (SSSR count). The Morgan fingerprint density at radius 2 is 1.95 bits per heavy atom. The van der Waals surface area contributed by atoms with Crippen LogP contribution >= 0.6 is 0 Å². The molecule has 6 heteroatoms. The maximum absolute atomic E-state index is 11.4. The maximum atomic E-state index is 11.4. The first-order chi connectivity index (χ1) is 8.99. The minimum absolute atomic E-state index is 0.00283. The molecule has 1 aromatic rings. The molecule has 0 unspecified atom stereocenters. The van der Waals surface area contributed by atoms with Gasteiger partial charge in [0.05, 0.1) is 4.92 Å². The number of Topliss-reactive ketones (excluding diaryl/α,β-unsaturated/α-hetero) is 1. The lowest BCUT2D eigenvalue weighted by Gasteiger charge is -1.99. The van der Waals surface area contributed by atoms with E-state index in [9.17, 15) is 19.7 Å². The Kier molecular flexibility index (Phi) is 5.40. The number of carbonyl (C=O) groups excluding carboxylic acids is 2. The number of benzene rings is 1. The van der Waals surface area contributed by atoms with E-state index in [-0.39, 0.29) is 17.4 Å². The number of amides is 1. The van der Waals surface area contributed by atoms with E-state index in [2.05, 4.69) is 5.32 Å². The van der Waals surface area contributed by atoms with Gasteiger partial charge in [0, 0.05) is 31.2 Å². The lowest BCUT2D eigenvalue weighted by Crippen LogP contribution is -2.23. The van der Waals surface area contributed by atoms with Crippen LogP contribution in [0.15, 0.2) is 30.3 Å². The highest BCUT2D eigenvalue weighted by Crippen LogP contribution is 2.12. The van der Waals surface area contributed by atoms with Gasteiger partial charge in [-0.1, -0.05) is 0 Å². The summed E-state index contributed by atoms with van der Waals surface area (Å²) < 4.78 is 0. The summed E-state index contributed by atoms with van der Waals surface area (Å²) in [5.41, 5.74) is 0.690. The van der Waals surface area contributed by atoms with E-state index in [4.69, 9.17) is 0 Å². The molecule has 0 spiro atoms. The molecular formula is C13H14N2O4. The predicted molar refractivity (Wildman–Crippen MR) is 70.4 cm³/mol. The second-order valence-corrected chi connectivity index (χ2v) is 3.93. The van der Waals surface area contributed by atoms with Gasteiger partial charge < -0.3 is 5.32 Å². The Morgan fingerprint density at radius 3 is 2.47 bits per heavy atom. The zero-order chi connectivity index (χ0) is 14.3. The summed E-state index contributed by atoms with van der Waals surface area (Å²) >= 11 is 0. The number of hydrogen-bond acceptors (Lipinski definition) is 4. The molecule has 1 aromatic carbocycles. The van der Waals surface area contributed by atoms with Crippen LogP contribution in [-0.4, -0.2) is 23.2 Å². The van der Waals surface area contributed by atoms with Gasteiger partial charge >= 0.3 is 0 Å². The first-order valence-electron chi connectivity index (χ1n) is 5.69. The molecular weight excluding hydrogens is 248 g/mol. The number of non-ortho nitro benzene ring substituents is 1. The average Bonchev–Trinajstić information content (AvgIpc) is 2.36. The standard InChI is InChI=1S/C13H14N2O4/c1-10(16)8-9-14-13(17)7-4-11-2-5-12(6-3-11)15(18)19/h2-7H,8-9H2,1H3,(H,14,17)/b7-4+. The van der Waals surface area contributed by atoms with Crippen molar-refractivity contribution in [1.29, 1.82) is 0 Å². The third-order valence-corrected chi connectivity index (χ3v) is 2.31. The molecule has 0 saturated carbocycles. The van der Waals surface area contributed by atoms with Gasteiger partial charge in [-0.25, -0.2) is 0 Å². The van der Waals surface area contributed by atoms with Crippen LogP contribution in [-0.2, 0) is 9.59 Å². The summed E-state index contributed by atoms with van der Waals surface area (Å²) in [4.78, 5) is 32.0. The van der Waals surface area contributed by atoms with Crippen LogP contribution < -0.4 is 5.32 Å². The molecule has 0 aliphatic heterocycles. The Labute approximate surface area is 110 Å². The first-order valence-corrected chi connectivity index (χ1v) is 5.69. The highest BCUT2D eigenvalue weighted by Gasteiger charge is 2.02. The lowest BCUT2D eigenvalue weighted by molar-refractivity contribution is -0.384. The number of carbonyl (C=O) groups is 2. The van der Waals surface area contributed by atoms with Crippen molar-refractivity contribution in [2.24, 2.45) is 0 Å². The van der Waals surface area contributed by atoms with Crippen LogP contribution in [0.5, 0.6) is 0 Å². The molecule has 0 radical (unpaired) electrons. The molecule has 0 aliphatic carbocycles. The van der Waals surface area contributed by atoms with Gasteiger partial charge in [0.2, 0.25) is 5.91 Å². The minimum Gasteiger partial charge on any atom is -0.352 e. The summed E-state index contributed by atoms with van der Waals surface area (Å²) in [6.07, 6.45) is 3.17. The Hall–Kier alpha value is -2.50. The van der Waals surface area contributed by atoms with Crippen molar-refractivity contribution in [3.63, 3.8) is 0 Å². The Balaban J connectivity index is 2.49. The molecule has 0 saturated heterocycles. The van der Waals surface area contributed by atoms with Gasteiger partial charge in [0.15, 0.2) is 0 Å². The van der Waals surface area contributed by atoms with Gasteiger partial charge in [-0.3, -0.25) is 19.7 Å². The van der Waals surface area contributed by atoms with E-state index >= 15 is 0 Å². The van der Waals surface area contributed by atoms with Crippen LogP contribution in [0.25, 0.3) is 6.08 Å². The number of ketones is 1. The SMILES string of the molecule is CC(=O)CCNC(=O)/C=C/c1ccc([N+](=O)[O-])cc1. The number of nitrogens with zero attached hydrogens (tertiary/aromatic N) is 1. The first kappa shape index (κ1) is 14.6. The van der Waals surface area contributed by atoms with Crippen LogP contribution in [0, 0.1) is 10.1 Å². The van der Waals surface area contributed by atoms with Crippen LogP contribution in [0.2, 0.25) is 0 Å². The normalized spacial score (nSPS) is 10.4. The van der Waals surface area contributed by atoms with E-state index in [1.54, 1.807) is 18.2 Å². The highest BCUT2D eigenvalue weighted by atomic mass is 16.6. The van der Waals surface area contributed by atoms with E-state index in [1.807, 2.05) is 0 Å². The molecule has 0 heterocycles. The smallest absolute Gasteiger partial charge is 0.269 e. The second-order valence-electron chi connectivity index (χ2n) is 3.93. The molecule has 0 aromatic heterocycles. The predicted octanol–water partition coefficient (Wildman–Crippen LogP) is 1.70. The molecule has 1 amide bonds. The highest BCUT2D eigenvalue weighted by molar-refractivity contribution is 5.92. The molecule has 0 aliphatic rings. The van der Waals surface area contributed by atoms with Crippen molar-refractivity contribution >= 4 is 23.5 Å². The summed E-state index contributed by atoms with van der Waals surface area (Å²) in [6, 6.07) is 5.84. The van der Waals surface area contributed by atoms with E-state index < -0.39 is 4.92 Å². The molecule has 0 fully saturated rings. The van der Waals surface area contributed by atoms with Crippen LogP contribution in [0.4, 0.5) is 5.69 Å². The summed E-state index contributed by atoms with van der Waals surface area (Å²) in [5, 5.41) is 13.0. The molecule has 0 bridgehead atoms. The third kappa shape index (κ3) is 5.58. The fourth-order valence-corrected chi connectivity index (χ4v) is 1.30.